The molecular formula is C32H57O8OsP2. The maximum absolute atomic E-state index is 11.3. The third-order valence-electron chi connectivity index (χ3n) is 5.53. The molecule has 0 bridgehead atoms. The van der Waals surface area contributed by atoms with Crippen LogP contribution >= 0.6 is 15.8 Å². The van der Waals surface area contributed by atoms with Gasteiger partial charge in [0.05, 0.1) is 14.2 Å². The first-order chi connectivity index (χ1) is 19.4. The number of aliphatic carboxylic acids is 1. The summed E-state index contributed by atoms with van der Waals surface area (Å²) in [5, 5.41) is 7.42. The summed E-state index contributed by atoms with van der Waals surface area (Å²) >= 11 is 0. The molecule has 43 heavy (non-hydrogen) atoms. The Morgan fingerprint density at radius 3 is 1.12 bits per heavy atom. The Labute approximate surface area is 278 Å². The van der Waals surface area contributed by atoms with E-state index >= 15 is 0 Å². The number of hydrogen-bond acceptors (Lipinski definition) is 5. The maximum atomic E-state index is 11.3. The molecule has 0 atom stereocenters. The minimum Gasteiger partial charge on any atom is 1.00 e. The van der Waals surface area contributed by atoms with E-state index in [4.69, 9.17) is 19.2 Å². The fourth-order valence-electron chi connectivity index (χ4n) is 4.80. The fraction of sp³-hybridized carbons (Fsp3) is 0.719. The number of hydrogen-bond donors (Lipinski definition) is 1. The van der Waals surface area contributed by atoms with Gasteiger partial charge in [0.2, 0.25) is 0 Å². The number of esters is 2. The molecular weight excluding hydrogens is 765 g/mol. The number of ether oxygens (including phenoxy) is 2. The van der Waals surface area contributed by atoms with E-state index < -0.39 is 17.9 Å². The average molecular weight is 822 g/mol. The van der Waals surface area contributed by atoms with Crippen LogP contribution in [0.25, 0.3) is 0 Å². The minimum atomic E-state index is -0.833. The van der Waals surface area contributed by atoms with E-state index in [2.05, 4.69) is 112 Å². The smallest absolute Gasteiger partial charge is 1.00 e. The van der Waals surface area contributed by atoms with Crippen molar-refractivity contribution in [2.24, 2.45) is 0 Å². The topological polar surface area (TPSA) is 130 Å². The minimum absolute atomic E-state index is 0. The largest absolute Gasteiger partial charge is 1.00 e. The van der Waals surface area contributed by atoms with E-state index in [-0.39, 0.29) is 35.6 Å². The number of allylic oxidation sites excluding steroid dienone is 2. The van der Waals surface area contributed by atoms with Crippen LogP contribution in [0.4, 0.5) is 0 Å². The number of carboxylic acid groups (broad SMARTS) is 1. The molecule has 11 heteroatoms. The third kappa shape index (κ3) is 29.3. The van der Waals surface area contributed by atoms with E-state index in [0.29, 0.717) is 24.0 Å². The van der Waals surface area contributed by atoms with Crippen LogP contribution in [0.5, 0.6) is 0 Å². The number of methoxy groups -OCH3 is 2. The van der Waals surface area contributed by atoms with Crippen molar-refractivity contribution < 1.29 is 58.1 Å². The molecule has 1 aliphatic rings. The first-order valence-electron chi connectivity index (χ1n) is 14.0. The van der Waals surface area contributed by atoms with Crippen molar-refractivity contribution in [3.8, 4) is 0 Å². The third-order valence-corrected chi connectivity index (χ3v) is 12.7. The standard InChI is InChI=1S/C10H11O4.2C9H21P.C2H4O2.2CO.Os/c1-13-9(11)7-5-3-4-6-8(7)10(12)14-2;2*1-7(2)10(8(3)4)9(5)6;1-2(3)4;2*1-2;/h3H,5-6H2,1-2H3;2*7-9H,1-6H3;1H3,(H,3,4);;;/q-1;;;;;;+1. The van der Waals surface area contributed by atoms with E-state index in [9.17, 15) is 9.59 Å². The van der Waals surface area contributed by atoms with Crippen molar-refractivity contribution >= 4 is 33.8 Å². The summed E-state index contributed by atoms with van der Waals surface area (Å²) < 4.78 is 24.1. The van der Waals surface area contributed by atoms with Gasteiger partial charge in [-0.15, -0.1) is 0 Å². The van der Waals surface area contributed by atoms with Crippen molar-refractivity contribution in [2.75, 3.05) is 14.2 Å². The van der Waals surface area contributed by atoms with Gasteiger partial charge in [-0.1, -0.05) is 98.9 Å². The van der Waals surface area contributed by atoms with Crippen LogP contribution in [0, 0.1) is 19.4 Å². The quantitative estimate of drug-likeness (QED) is 0.114. The van der Waals surface area contributed by atoms with Crippen LogP contribution in [0.1, 0.15) is 103 Å². The van der Waals surface area contributed by atoms with Crippen LogP contribution < -0.4 is 0 Å². The maximum Gasteiger partial charge on any atom is 1.00 e. The molecule has 1 aliphatic carbocycles. The Morgan fingerprint density at radius 2 is 0.930 bits per heavy atom. The van der Waals surface area contributed by atoms with Crippen molar-refractivity contribution in [1.82, 2.24) is 0 Å². The van der Waals surface area contributed by atoms with Crippen LogP contribution in [-0.2, 0) is 53.0 Å². The molecule has 0 aromatic rings. The summed E-state index contributed by atoms with van der Waals surface area (Å²) in [4.78, 5) is 31.5. The zero-order valence-corrected chi connectivity index (χ0v) is 33.3. The van der Waals surface area contributed by atoms with E-state index in [1.165, 1.54) is 14.2 Å². The Balaban J connectivity index is -0.000000107. The molecule has 0 fully saturated rings. The summed E-state index contributed by atoms with van der Waals surface area (Å²) in [6.45, 7) is 38.3. The van der Waals surface area contributed by atoms with Gasteiger partial charge in [-0.25, -0.2) is 9.59 Å². The zero-order chi connectivity index (χ0) is 34.7. The van der Waals surface area contributed by atoms with Gasteiger partial charge < -0.3 is 20.7 Å². The van der Waals surface area contributed by atoms with E-state index in [1.807, 2.05) is 0 Å². The van der Waals surface area contributed by atoms with Gasteiger partial charge in [0, 0.05) is 18.1 Å². The van der Waals surface area contributed by atoms with Gasteiger partial charge in [-0.2, -0.15) is 6.42 Å². The van der Waals surface area contributed by atoms with Crippen LogP contribution in [0.2, 0.25) is 0 Å². The van der Waals surface area contributed by atoms with Gasteiger partial charge in [0.25, 0.3) is 5.97 Å². The van der Waals surface area contributed by atoms with Gasteiger partial charge in [-0.05, 0) is 40.4 Å². The molecule has 0 aromatic carbocycles. The second-order valence-electron chi connectivity index (χ2n) is 10.7. The van der Waals surface area contributed by atoms with Crippen molar-refractivity contribution in [1.29, 1.82) is 0 Å². The summed E-state index contributed by atoms with van der Waals surface area (Å²) in [7, 11) is 3.09. The molecule has 8 nitrogen and oxygen atoms in total. The molecule has 1 rings (SSSR count). The SMILES string of the molecule is CC(=O)O.CC(C)P(C(C)C)C(C)C.CC(C)P(C(C)C)C(C)C.COC(=O)C1=C(C(=O)OC)CC=[C-]C1.[C-]#[O+].[C-]#[O+].[Os+]. The molecule has 0 spiro atoms. The van der Waals surface area contributed by atoms with Crippen molar-refractivity contribution in [3.63, 3.8) is 0 Å². The Morgan fingerprint density at radius 1 is 0.698 bits per heavy atom. The molecule has 0 unspecified atom stereocenters. The van der Waals surface area contributed by atoms with E-state index in [1.54, 1.807) is 6.08 Å². The molecule has 0 saturated heterocycles. The summed E-state index contributed by atoms with van der Waals surface area (Å²) in [6.07, 6.45) is 5.25. The Bertz CT molecular complexity index is 728. The molecule has 1 N–H and O–H groups in total. The van der Waals surface area contributed by atoms with Gasteiger partial charge in [0.1, 0.15) is 0 Å². The van der Waals surface area contributed by atoms with Gasteiger partial charge >= 0.3 is 54.3 Å². The van der Waals surface area contributed by atoms with Crippen LogP contribution in [-0.4, -0.2) is 71.2 Å². The second kappa shape index (κ2) is 33.8. The molecule has 251 valence electrons. The van der Waals surface area contributed by atoms with Crippen LogP contribution in [0.15, 0.2) is 17.2 Å². The van der Waals surface area contributed by atoms with Crippen LogP contribution in [0.3, 0.4) is 0 Å². The molecule has 0 aliphatic heterocycles. The van der Waals surface area contributed by atoms with Gasteiger partial charge in [0.15, 0.2) is 0 Å². The molecule has 0 amide bonds. The Kier molecular flexibility index (Phi) is 42.7. The number of carboxylic acids is 1. The predicted molar refractivity (Wildman–Crippen MR) is 174 cm³/mol. The van der Waals surface area contributed by atoms with Crippen molar-refractivity contribution in [2.45, 2.75) is 137 Å². The average Bonchev–Trinajstić information content (AvgIpc) is 2.89. The zero-order valence-electron chi connectivity index (χ0n) is 29.0. The second-order valence-corrected chi connectivity index (χ2v) is 18.7. The van der Waals surface area contributed by atoms with Crippen molar-refractivity contribution in [3.05, 3.63) is 36.6 Å². The number of carbonyl (C=O) groups is 3. The predicted octanol–water partition coefficient (Wildman–Crippen LogP) is 8.18. The summed E-state index contributed by atoms with van der Waals surface area (Å²) in [6, 6.07) is 0. The number of rotatable bonds is 8. The summed E-state index contributed by atoms with van der Waals surface area (Å²) in [5.41, 5.74) is 6.08. The molecule has 0 heterocycles. The van der Waals surface area contributed by atoms with Gasteiger partial charge in [-0.3, -0.25) is 10.9 Å². The first-order valence-corrected chi connectivity index (χ1v) is 17.1. The first kappa shape index (κ1) is 54.4. The number of carbonyl (C=O) groups excluding carboxylic acids is 2. The Hall–Kier alpha value is -1.13. The van der Waals surface area contributed by atoms with E-state index in [0.717, 1.165) is 40.9 Å². The summed E-state index contributed by atoms with van der Waals surface area (Å²) in [5.74, 6) is -1.81. The normalized spacial score (nSPS) is 11.5. The molecule has 1 radical (unpaired) electrons. The molecule has 0 saturated carbocycles. The molecule has 0 aromatic heterocycles. The fourth-order valence-corrected chi connectivity index (χ4v) is 12.0. The monoisotopic (exact) mass is 823 g/mol.